The van der Waals surface area contributed by atoms with Gasteiger partial charge in [-0.2, -0.15) is 11.8 Å². The number of nitrogens with zero attached hydrogens (tertiary/aromatic N) is 1. The SMILES string of the molecule is CCOC(=O)C1CSCCN1C(=O)c1ccc2ccccc2c1. The summed E-state index contributed by atoms with van der Waals surface area (Å²) < 4.78 is 5.12. The third kappa shape index (κ3) is 3.34. The molecule has 1 unspecified atom stereocenters. The van der Waals surface area contributed by atoms with Crippen molar-refractivity contribution >= 4 is 34.4 Å². The Labute approximate surface area is 139 Å². The number of hydrogen-bond acceptors (Lipinski definition) is 4. The number of thioether (sulfide) groups is 1. The molecular weight excluding hydrogens is 310 g/mol. The molecular formula is C18H19NO3S. The molecule has 0 bridgehead atoms. The minimum atomic E-state index is -0.493. The molecule has 2 aromatic carbocycles. The van der Waals surface area contributed by atoms with Crippen LogP contribution in [0.3, 0.4) is 0 Å². The van der Waals surface area contributed by atoms with Crippen molar-refractivity contribution in [1.82, 2.24) is 4.90 Å². The fraction of sp³-hybridized carbons (Fsp3) is 0.333. The highest BCUT2D eigenvalue weighted by Crippen LogP contribution is 2.22. The first-order chi connectivity index (χ1) is 11.2. The van der Waals surface area contributed by atoms with Crippen molar-refractivity contribution in [2.24, 2.45) is 0 Å². The van der Waals surface area contributed by atoms with Gasteiger partial charge in [-0.05, 0) is 29.8 Å². The van der Waals surface area contributed by atoms with Gasteiger partial charge in [0.15, 0.2) is 0 Å². The van der Waals surface area contributed by atoms with Crippen LogP contribution in [0.2, 0.25) is 0 Å². The molecule has 2 aromatic rings. The van der Waals surface area contributed by atoms with Crippen LogP contribution in [0, 0.1) is 0 Å². The summed E-state index contributed by atoms with van der Waals surface area (Å²) >= 11 is 1.68. The molecule has 120 valence electrons. The van der Waals surface area contributed by atoms with Crippen LogP contribution in [0.1, 0.15) is 17.3 Å². The van der Waals surface area contributed by atoms with Crippen LogP contribution in [-0.4, -0.2) is 47.5 Å². The second-order valence-electron chi connectivity index (χ2n) is 5.40. The summed E-state index contributed by atoms with van der Waals surface area (Å²) in [4.78, 5) is 26.7. The van der Waals surface area contributed by atoms with Crippen molar-refractivity contribution in [3.63, 3.8) is 0 Å². The summed E-state index contributed by atoms with van der Waals surface area (Å²) in [5.74, 6) is 1.02. The van der Waals surface area contributed by atoms with E-state index >= 15 is 0 Å². The number of hydrogen-bond donors (Lipinski definition) is 0. The van der Waals surface area contributed by atoms with E-state index in [0.717, 1.165) is 16.5 Å². The van der Waals surface area contributed by atoms with E-state index in [4.69, 9.17) is 4.74 Å². The van der Waals surface area contributed by atoms with Gasteiger partial charge in [-0.1, -0.05) is 30.3 Å². The lowest BCUT2D eigenvalue weighted by atomic mass is 10.1. The van der Waals surface area contributed by atoms with E-state index in [1.165, 1.54) is 0 Å². The number of carbonyl (C=O) groups is 2. The van der Waals surface area contributed by atoms with Crippen LogP contribution >= 0.6 is 11.8 Å². The molecule has 0 saturated carbocycles. The van der Waals surface area contributed by atoms with Crippen molar-refractivity contribution in [3.05, 3.63) is 48.0 Å². The minimum absolute atomic E-state index is 0.103. The fourth-order valence-corrected chi connectivity index (χ4v) is 3.80. The van der Waals surface area contributed by atoms with Crippen molar-refractivity contribution in [2.75, 3.05) is 24.7 Å². The predicted molar refractivity (Wildman–Crippen MR) is 92.7 cm³/mol. The minimum Gasteiger partial charge on any atom is -0.464 e. The second kappa shape index (κ2) is 7.04. The number of carbonyl (C=O) groups excluding carboxylic acids is 2. The molecule has 1 aliphatic rings. The first kappa shape index (κ1) is 15.9. The van der Waals surface area contributed by atoms with E-state index in [0.29, 0.717) is 24.5 Å². The van der Waals surface area contributed by atoms with Gasteiger partial charge in [0.25, 0.3) is 5.91 Å². The number of amides is 1. The summed E-state index contributed by atoms with van der Waals surface area (Å²) in [5, 5.41) is 2.12. The van der Waals surface area contributed by atoms with Crippen LogP contribution in [0.4, 0.5) is 0 Å². The normalized spacial score (nSPS) is 18.0. The molecule has 3 rings (SSSR count). The van der Waals surface area contributed by atoms with Gasteiger partial charge in [0.05, 0.1) is 6.61 Å². The topological polar surface area (TPSA) is 46.6 Å². The molecule has 5 heteroatoms. The highest BCUT2D eigenvalue weighted by molar-refractivity contribution is 7.99. The van der Waals surface area contributed by atoms with Gasteiger partial charge < -0.3 is 9.64 Å². The smallest absolute Gasteiger partial charge is 0.329 e. The number of benzene rings is 2. The van der Waals surface area contributed by atoms with E-state index in [2.05, 4.69) is 0 Å². The maximum Gasteiger partial charge on any atom is 0.329 e. The molecule has 4 nitrogen and oxygen atoms in total. The van der Waals surface area contributed by atoms with Gasteiger partial charge in [-0.15, -0.1) is 0 Å². The molecule has 1 fully saturated rings. The fourth-order valence-electron chi connectivity index (χ4n) is 2.77. The van der Waals surface area contributed by atoms with Gasteiger partial charge in [0.1, 0.15) is 6.04 Å². The summed E-state index contributed by atoms with van der Waals surface area (Å²) in [6, 6.07) is 13.1. The Morgan fingerprint density at radius 2 is 2.00 bits per heavy atom. The molecule has 0 aromatic heterocycles. The zero-order valence-electron chi connectivity index (χ0n) is 13.0. The average molecular weight is 329 g/mol. The molecule has 1 amide bonds. The number of rotatable bonds is 3. The van der Waals surface area contributed by atoms with Crippen LogP contribution in [-0.2, 0) is 9.53 Å². The summed E-state index contributed by atoms with van der Waals surface area (Å²) in [7, 11) is 0. The Hall–Kier alpha value is -2.01. The van der Waals surface area contributed by atoms with Gasteiger partial charge in [-0.25, -0.2) is 4.79 Å². The monoisotopic (exact) mass is 329 g/mol. The predicted octanol–water partition coefficient (Wildman–Crippen LogP) is 2.96. The van der Waals surface area contributed by atoms with Gasteiger partial charge >= 0.3 is 5.97 Å². The van der Waals surface area contributed by atoms with Crippen LogP contribution < -0.4 is 0 Å². The lowest BCUT2D eigenvalue weighted by Gasteiger charge is -2.33. The zero-order chi connectivity index (χ0) is 16.2. The van der Waals surface area contributed by atoms with Gasteiger partial charge in [-0.3, -0.25) is 4.79 Å². The maximum atomic E-state index is 12.9. The van der Waals surface area contributed by atoms with E-state index < -0.39 is 6.04 Å². The van der Waals surface area contributed by atoms with Gasteiger partial charge in [0.2, 0.25) is 0 Å². The van der Waals surface area contributed by atoms with E-state index in [1.54, 1.807) is 23.6 Å². The molecule has 23 heavy (non-hydrogen) atoms. The molecule has 0 radical (unpaired) electrons. The van der Waals surface area contributed by atoms with E-state index in [9.17, 15) is 9.59 Å². The second-order valence-corrected chi connectivity index (χ2v) is 6.55. The lowest BCUT2D eigenvalue weighted by molar-refractivity contribution is -0.147. The van der Waals surface area contributed by atoms with Crippen molar-refractivity contribution in [3.8, 4) is 0 Å². The Bertz CT molecular complexity index is 731. The highest BCUT2D eigenvalue weighted by Gasteiger charge is 2.34. The van der Waals surface area contributed by atoms with Crippen molar-refractivity contribution < 1.29 is 14.3 Å². The quantitative estimate of drug-likeness (QED) is 0.812. The Morgan fingerprint density at radius 3 is 2.78 bits per heavy atom. The first-order valence-electron chi connectivity index (χ1n) is 7.75. The first-order valence-corrected chi connectivity index (χ1v) is 8.90. The highest BCUT2D eigenvalue weighted by atomic mass is 32.2. The summed E-state index contributed by atoms with van der Waals surface area (Å²) in [6.07, 6.45) is 0. The molecule has 1 saturated heterocycles. The molecule has 1 atom stereocenters. The molecule has 0 spiro atoms. The lowest BCUT2D eigenvalue weighted by Crippen LogP contribution is -2.51. The molecule has 1 heterocycles. The molecule has 1 aliphatic heterocycles. The van der Waals surface area contributed by atoms with E-state index in [-0.39, 0.29) is 11.9 Å². The number of fused-ring (bicyclic) bond motifs is 1. The molecule has 0 aliphatic carbocycles. The third-order valence-corrected chi connectivity index (χ3v) is 4.97. The summed E-state index contributed by atoms with van der Waals surface area (Å²) in [6.45, 7) is 2.68. The molecule has 0 N–H and O–H groups in total. The van der Waals surface area contributed by atoms with Crippen molar-refractivity contribution in [2.45, 2.75) is 13.0 Å². The zero-order valence-corrected chi connectivity index (χ0v) is 13.8. The largest absolute Gasteiger partial charge is 0.464 e. The maximum absolute atomic E-state index is 12.9. The number of esters is 1. The van der Waals surface area contributed by atoms with E-state index in [1.807, 2.05) is 42.5 Å². The standard InChI is InChI=1S/C18H19NO3S/c1-2-22-18(21)16-12-23-10-9-19(16)17(20)15-8-7-13-5-3-4-6-14(13)11-15/h3-8,11,16H,2,9-10,12H2,1H3. The van der Waals surface area contributed by atoms with Crippen molar-refractivity contribution in [1.29, 1.82) is 0 Å². The van der Waals surface area contributed by atoms with Crippen LogP contribution in [0.25, 0.3) is 10.8 Å². The third-order valence-electron chi connectivity index (χ3n) is 3.94. The number of ether oxygens (including phenoxy) is 1. The van der Waals surface area contributed by atoms with Gasteiger partial charge in [0, 0.05) is 23.6 Å². The Balaban J connectivity index is 1.87. The summed E-state index contributed by atoms with van der Waals surface area (Å²) in [5.41, 5.74) is 0.616. The average Bonchev–Trinajstić information content (AvgIpc) is 2.61. The van der Waals surface area contributed by atoms with Crippen LogP contribution in [0.15, 0.2) is 42.5 Å². The van der Waals surface area contributed by atoms with Crippen LogP contribution in [0.5, 0.6) is 0 Å². The Kier molecular flexibility index (Phi) is 4.86. The Morgan fingerprint density at radius 1 is 1.22 bits per heavy atom.